The molecule has 2 rings (SSSR count). The minimum Gasteiger partial charge on any atom is -0.388 e. The molecule has 0 fully saturated rings. The van der Waals surface area contributed by atoms with Gasteiger partial charge in [-0.3, -0.25) is 0 Å². The van der Waals surface area contributed by atoms with E-state index in [1.54, 1.807) is 7.11 Å². The fraction of sp³-hybridized carbons (Fsp3) is 0.385. The van der Waals surface area contributed by atoms with Crippen LogP contribution >= 0.6 is 11.6 Å². The zero-order valence-corrected chi connectivity index (χ0v) is 11.7. The predicted octanol–water partition coefficient (Wildman–Crippen LogP) is 2.05. The van der Waals surface area contributed by atoms with E-state index in [4.69, 9.17) is 16.3 Å². The van der Waals surface area contributed by atoms with Crippen LogP contribution in [0, 0.1) is 6.92 Å². The summed E-state index contributed by atoms with van der Waals surface area (Å²) in [4.78, 5) is 0. The summed E-state index contributed by atoms with van der Waals surface area (Å²) in [5, 5.41) is 18.1. The van der Waals surface area contributed by atoms with Crippen LogP contribution in [-0.4, -0.2) is 33.6 Å². The highest BCUT2D eigenvalue weighted by Gasteiger charge is 2.15. The smallest absolute Gasteiger partial charge is 0.164 e. The van der Waals surface area contributed by atoms with Crippen molar-refractivity contribution in [2.45, 2.75) is 20.1 Å². The highest BCUT2D eigenvalue weighted by molar-refractivity contribution is 6.31. The lowest BCUT2D eigenvalue weighted by Crippen LogP contribution is -2.10. The lowest BCUT2D eigenvalue weighted by molar-refractivity contribution is 0.183. The number of halogens is 1. The molecule has 6 heteroatoms. The van der Waals surface area contributed by atoms with E-state index in [-0.39, 0.29) is 6.61 Å². The first kappa shape index (κ1) is 14.0. The van der Waals surface area contributed by atoms with E-state index in [1.165, 1.54) is 0 Å². The van der Waals surface area contributed by atoms with Gasteiger partial charge in [0.05, 0.1) is 6.61 Å². The molecular formula is C13H16ClN3O2. The Morgan fingerprint density at radius 2 is 2.16 bits per heavy atom. The average Bonchev–Trinajstić information content (AvgIpc) is 2.82. The number of hydrogen-bond acceptors (Lipinski definition) is 4. The maximum Gasteiger partial charge on any atom is 0.164 e. The van der Waals surface area contributed by atoms with Crippen molar-refractivity contribution in [1.29, 1.82) is 0 Å². The number of hydrogen-bond donors (Lipinski definition) is 1. The number of aliphatic hydroxyl groups excluding tert-OH is 1. The third kappa shape index (κ3) is 2.78. The normalized spacial score (nSPS) is 10.9. The lowest BCUT2D eigenvalue weighted by atomic mass is 10.1. The van der Waals surface area contributed by atoms with Gasteiger partial charge in [0.15, 0.2) is 11.6 Å². The number of aromatic nitrogens is 3. The first-order chi connectivity index (χ1) is 9.19. The summed E-state index contributed by atoms with van der Waals surface area (Å²) >= 11 is 6.13. The van der Waals surface area contributed by atoms with Crippen molar-refractivity contribution in [3.05, 3.63) is 34.6 Å². The van der Waals surface area contributed by atoms with Crippen LogP contribution in [0.15, 0.2) is 18.2 Å². The third-order valence-corrected chi connectivity index (χ3v) is 3.41. The first-order valence-electron chi connectivity index (χ1n) is 5.96. The van der Waals surface area contributed by atoms with Crippen molar-refractivity contribution in [2.24, 2.45) is 0 Å². The predicted molar refractivity (Wildman–Crippen MR) is 73.0 cm³/mol. The molecule has 0 aliphatic carbocycles. The fourth-order valence-corrected chi connectivity index (χ4v) is 2.09. The minimum atomic E-state index is -0.156. The Bertz CT molecular complexity index is 569. The monoisotopic (exact) mass is 281 g/mol. The molecule has 0 spiro atoms. The van der Waals surface area contributed by atoms with Crippen LogP contribution in [0.25, 0.3) is 11.4 Å². The quantitative estimate of drug-likeness (QED) is 0.911. The summed E-state index contributed by atoms with van der Waals surface area (Å²) in [5.41, 5.74) is 1.86. The second-order valence-electron chi connectivity index (χ2n) is 4.15. The molecule has 1 N–H and O–H groups in total. The van der Waals surface area contributed by atoms with E-state index in [1.807, 2.05) is 29.7 Å². The minimum absolute atomic E-state index is 0.156. The number of rotatable bonds is 5. The summed E-state index contributed by atoms with van der Waals surface area (Å²) in [7, 11) is 1.63. The van der Waals surface area contributed by atoms with Crippen LogP contribution in [0.5, 0.6) is 0 Å². The van der Waals surface area contributed by atoms with Gasteiger partial charge in [-0.05, 0) is 18.6 Å². The van der Waals surface area contributed by atoms with Gasteiger partial charge in [-0.25, -0.2) is 0 Å². The summed E-state index contributed by atoms with van der Waals surface area (Å²) in [5.74, 6) is 1.22. The molecular weight excluding hydrogens is 266 g/mol. The van der Waals surface area contributed by atoms with Gasteiger partial charge in [0.1, 0.15) is 6.61 Å². The maximum absolute atomic E-state index is 9.31. The first-order valence-corrected chi connectivity index (χ1v) is 6.34. The summed E-state index contributed by atoms with van der Waals surface area (Å²) < 4.78 is 6.92. The largest absolute Gasteiger partial charge is 0.388 e. The van der Waals surface area contributed by atoms with Gasteiger partial charge in [0.2, 0.25) is 0 Å². The van der Waals surface area contributed by atoms with Crippen molar-refractivity contribution < 1.29 is 9.84 Å². The third-order valence-electron chi connectivity index (χ3n) is 3.00. The van der Waals surface area contributed by atoms with E-state index < -0.39 is 0 Å². The van der Waals surface area contributed by atoms with Gasteiger partial charge >= 0.3 is 0 Å². The molecule has 19 heavy (non-hydrogen) atoms. The van der Waals surface area contributed by atoms with E-state index in [0.717, 1.165) is 11.1 Å². The molecule has 0 atom stereocenters. The van der Waals surface area contributed by atoms with Crippen LogP contribution in [0.1, 0.15) is 11.4 Å². The highest BCUT2D eigenvalue weighted by Crippen LogP contribution is 2.27. The van der Waals surface area contributed by atoms with E-state index in [9.17, 15) is 5.11 Å². The maximum atomic E-state index is 9.31. The SMILES string of the molecule is COCCn1c(CO)nnc1-c1cccc(Cl)c1C. The molecule has 0 bridgehead atoms. The van der Waals surface area contributed by atoms with Gasteiger partial charge in [0, 0.05) is 24.2 Å². The molecule has 1 aromatic carbocycles. The Kier molecular flexibility index (Phi) is 4.52. The van der Waals surface area contributed by atoms with Crippen molar-refractivity contribution in [2.75, 3.05) is 13.7 Å². The van der Waals surface area contributed by atoms with Crippen molar-refractivity contribution in [1.82, 2.24) is 14.8 Å². The van der Waals surface area contributed by atoms with Crippen LogP contribution in [0.4, 0.5) is 0 Å². The summed E-state index contributed by atoms with van der Waals surface area (Å²) in [6.45, 7) is 2.89. The number of benzene rings is 1. The Morgan fingerprint density at radius 3 is 2.84 bits per heavy atom. The molecule has 1 aromatic heterocycles. The Morgan fingerprint density at radius 1 is 1.37 bits per heavy atom. The molecule has 102 valence electrons. The zero-order chi connectivity index (χ0) is 13.8. The molecule has 2 aromatic rings. The Hall–Kier alpha value is -1.43. The summed E-state index contributed by atoms with van der Waals surface area (Å²) in [6, 6.07) is 5.65. The lowest BCUT2D eigenvalue weighted by Gasteiger charge is -2.11. The van der Waals surface area contributed by atoms with Crippen LogP contribution in [0.3, 0.4) is 0 Å². The molecule has 0 radical (unpaired) electrons. The molecule has 0 amide bonds. The molecule has 1 heterocycles. The number of methoxy groups -OCH3 is 1. The summed E-state index contributed by atoms with van der Waals surface area (Å²) in [6.07, 6.45) is 0. The molecule has 0 saturated heterocycles. The van der Waals surface area contributed by atoms with Gasteiger partial charge in [0.25, 0.3) is 0 Å². The van der Waals surface area contributed by atoms with Crippen LogP contribution < -0.4 is 0 Å². The van der Waals surface area contributed by atoms with Gasteiger partial charge in [-0.1, -0.05) is 23.7 Å². The highest BCUT2D eigenvalue weighted by atomic mass is 35.5. The van der Waals surface area contributed by atoms with Crippen molar-refractivity contribution >= 4 is 11.6 Å². The number of nitrogens with zero attached hydrogens (tertiary/aromatic N) is 3. The standard InChI is InChI=1S/C13H16ClN3O2/c1-9-10(4-3-5-11(9)14)13-16-15-12(8-18)17(13)6-7-19-2/h3-5,18H,6-8H2,1-2H3. The Labute approximate surface area is 116 Å². The Balaban J connectivity index is 2.49. The van der Waals surface area contributed by atoms with Gasteiger partial charge < -0.3 is 14.4 Å². The number of aliphatic hydroxyl groups is 1. The van der Waals surface area contributed by atoms with E-state index in [0.29, 0.717) is 29.8 Å². The van der Waals surface area contributed by atoms with Crippen LogP contribution in [-0.2, 0) is 17.9 Å². The molecule has 0 saturated carbocycles. The molecule has 0 unspecified atom stereocenters. The van der Waals surface area contributed by atoms with Crippen molar-refractivity contribution in [3.63, 3.8) is 0 Å². The van der Waals surface area contributed by atoms with E-state index >= 15 is 0 Å². The second-order valence-corrected chi connectivity index (χ2v) is 4.56. The molecule has 5 nitrogen and oxygen atoms in total. The second kappa shape index (κ2) is 6.14. The zero-order valence-electron chi connectivity index (χ0n) is 10.9. The average molecular weight is 282 g/mol. The topological polar surface area (TPSA) is 60.2 Å². The van der Waals surface area contributed by atoms with Gasteiger partial charge in [-0.2, -0.15) is 0 Å². The number of ether oxygens (including phenoxy) is 1. The van der Waals surface area contributed by atoms with E-state index in [2.05, 4.69) is 10.2 Å². The molecule has 0 aliphatic rings. The fourth-order valence-electron chi connectivity index (χ4n) is 1.92. The van der Waals surface area contributed by atoms with Crippen LogP contribution in [0.2, 0.25) is 5.02 Å². The van der Waals surface area contributed by atoms with Crippen molar-refractivity contribution in [3.8, 4) is 11.4 Å². The van der Waals surface area contributed by atoms with Gasteiger partial charge in [-0.15, -0.1) is 10.2 Å². The molecule has 0 aliphatic heterocycles.